The molecule has 2 saturated heterocycles. The molecule has 0 bridgehead atoms. The summed E-state index contributed by atoms with van der Waals surface area (Å²) < 4.78 is 39.6. The number of carbonyl (C=O) groups excluding carboxylic acids is 1. The maximum Gasteiger partial charge on any atom is 0.331 e. The van der Waals surface area contributed by atoms with Crippen molar-refractivity contribution >= 4 is 23.0 Å². The van der Waals surface area contributed by atoms with Gasteiger partial charge in [-0.2, -0.15) is 0 Å². The summed E-state index contributed by atoms with van der Waals surface area (Å²) in [5.74, 6) is -2.93. The maximum atomic E-state index is 13.1. The predicted octanol–water partition coefficient (Wildman–Crippen LogP) is -0.442. The fourth-order valence-corrected chi connectivity index (χ4v) is 6.14. The van der Waals surface area contributed by atoms with Crippen molar-refractivity contribution in [2.75, 3.05) is 20.3 Å². The standard InChI is InChI=1S/C37H38O19/c1-50-24-9-16(4-6-19(24)41)23-12-22(44)29-21(43)10-17(11-25(29)52-23)51-36-35(33(49)31(47)26(13-38)53-36)56-37-34(32(48)30(46)27(14-39)54-37)55-28(45)7-3-15-2-5-18(40)20(42)8-15/h2-12,26-27,30-43,46-49H,13-14H2,1H3. The van der Waals surface area contributed by atoms with Crippen molar-refractivity contribution in [3.05, 3.63) is 76.5 Å². The van der Waals surface area contributed by atoms with E-state index in [1.165, 1.54) is 49.6 Å². The molecule has 10 unspecified atom stereocenters. The van der Waals surface area contributed by atoms with Gasteiger partial charge < -0.3 is 83.9 Å². The lowest BCUT2D eigenvalue weighted by Gasteiger charge is -2.46. The van der Waals surface area contributed by atoms with Gasteiger partial charge in [-0.25, -0.2) is 4.79 Å². The molecule has 0 amide bonds. The van der Waals surface area contributed by atoms with Crippen molar-refractivity contribution in [2.45, 2.75) is 61.4 Å². The van der Waals surface area contributed by atoms with E-state index in [0.29, 0.717) is 5.56 Å². The lowest BCUT2D eigenvalue weighted by molar-refractivity contribution is -0.358. The minimum absolute atomic E-state index is 0.0108. The summed E-state index contributed by atoms with van der Waals surface area (Å²) in [7, 11) is 1.33. The van der Waals surface area contributed by atoms with E-state index in [9.17, 15) is 60.7 Å². The van der Waals surface area contributed by atoms with Gasteiger partial charge in [0.2, 0.25) is 6.29 Å². The van der Waals surface area contributed by atoms with Crippen LogP contribution in [0.5, 0.6) is 34.5 Å². The molecule has 300 valence electrons. The van der Waals surface area contributed by atoms with E-state index >= 15 is 0 Å². The third-order valence-corrected chi connectivity index (χ3v) is 9.10. The van der Waals surface area contributed by atoms with Gasteiger partial charge in [0.25, 0.3) is 0 Å². The van der Waals surface area contributed by atoms with Crippen molar-refractivity contribution < 1.29 is 88.7 Å². The zero-order valence-electron chi connectivity index (χ0n) is 29.2. The molecule has 3 aromatic carbocycles. The molecule has 2 aliphatic heterocycles. The summed E-state index contributed by atoms with van der Waals surface area (Å²) >= 11 is 0. The van der Waals surface area contributed by atoms with Gasteiger partial charge in [0.1, 0.15) is 64.9 Å². The number of hydrogen-bond acceptors (Lipinski definition) is 19. The highest BCUT2D eigenvalue weighted by molar-refractivity contribution is 5.87. The zero-order valence-corrected chi connectivity index (χ0v) is 29.2. The number of benzene rings is 3. The van der Waals surface area contributed by atoms with E-state index in [1.807, 2.05) is 0 Å². The van der Waals surface area contributed by atoms with Gasteiger partial charge in [0, 0.05) is 29.8 Å². The van der Waals surface area contributed by atoms with E-state index in [4.69, 9.17) is 32.8 Å². The smallest absolute Gasteiger partial charge is 0.331 e. The van der Waals surface area contributed by atoms with Gasteiger partial charge in [0.05, 0.1) is 20.3 Å². The number of aliphatic hydroxyl groups excluding tert-OH is 6. The molecule has 2 aliphatic rings. The minimum Gasteiger partial charge on any atom is -0.507 e. The SMILES string of the molecule is COc1cc(-c2cc(=O)c3c(O)cc(OC4OC(CO)C(O)C(O)C4OC4OC(CO)C(O)C(O)C4OC(=O)C=Cc4ccc(O)c(O)c4)cc3o2)ccc1O. The molecule has 10 atom stereocenters. The number of phenolic OH excluding ortho intramolecular Hbond substituents is 4. The highest BCUT2D eigenvalue weighted by Crippen LogP contribution is 2.37. The van der Waals surface area contributed by atoms with E-state index in [2.05, 4.69) is 0 Å². The van der Waals surface area contributed by atoms with Crippen LogP contribution in [0.2, 0.25) is 0 Å². The normalized spacial score (nSPS) is 28.0. The second-order valence-electron chi connectivity index (χ2n) is 12.8. The molecule has 56 heavy (non-hydrogen) atoms. The van der Waals surface area contributed by atoms with Gasteiger partial charge >= 0.3 is 5.97 Å². The molecule has 6 rings (SSSR count). The van der Waals surface area contributed by atoms with Crippen LogP contribution in [0, 0.1) is 0 Å². The summed E-state index contributed by atoms with van der Waals surface area (Å²) in [6, 6.07) is 11.2. The molecule has 0 spiro atoms. The minimum atomic E-state index is -1.96. The predicted molar refractivity (Wildman–Crippen MR) is 188 cm³/mol. The van der Waals surface area contributed by atoms with E-state index in [1.54, 1.807) is 0 Å². The van der Waals surface area contributed by atoms with Crippen LogP contribution in [-0.4, -0.2) is 139 Å². The van der Waals surface area contributed by atoms with Gasteiger partial charge in [0.15, 0.2) is 46.9 Å². The summed E-state index contributed by atoms with van der Waals surface area (Å²) in [6.07, 6.45) is -15.8. The number of esters is 1. The van der Waals surface area contributed by atoms with Crippen LogP contribution in [0.25, 0.3) is 28.4 Å². The van der Waals surface area contributed by atoms with Crippen LogP contribution in [0.15, 0.2) is 69.9 Å². The molecule has 19 heteroatoms. The van der Waals surface area contributed by atoms with Crippen LogP contribution in [0.4, 0.5) is 0 Å². The summed E-state index contributed by atoms with van der Waals surface area (Å²) in [4.78, 5) is 26.0. The average Bonchev–Trinajstić information content (AvgIpc) is 3.17. The highest BCUT2D eigenvalue weighted by atomic mass is 16.8. The van der Waals surface area contributed by atoms with Gasteiger partial charge in [-0.05, 0) is 42.0 Å². The Morgan fingerprint density at radius 2 is 1.41 bits per heavy atom. The highest BCUT2D eigenvalue weighted by Gasteiger charge is 2.53. The molecule has 3 heterocycles. The second-order valence-corrected chi connectivity index (χ2v) is 12.8. The Hall–Kier alpha value is -5.48. The van der Waals surface area contributed by atoms with Gasteiger partial charge in [-0.15, -0.1) is 0 Å². The second kappa shape index (κ2) is 16.7. The number of rotatable bonds is 11. The molecule has 0 radical (unpaired) electrons. The number of methoxy groups -OCH3 is 1. The number of fused-ring (bicyclic) bond motifs is 1. The number of phenols is 4. The van der Waals surface area contributed by atoms with Crippen LogP contribution >= 0.6 is 0 Å². The van der Waals surface area contributed by atoms with Crippen LogP contribution in [0.3, 0.4) is 0 Å². The topological polar surface area (TPSA) is 305 Å². The van der Waals surface area contributed by atoms with Crippen molar-refractivity contribution in [3.8, 4) is 45.8 Å². The molecular weight excluding hydrogens is 748 g/mol. The third-order valence-electron chi connectivity index (χ3n) is 9.10. The van der Waals surface area contributed by atoms with Crippen molar-refractivity contribution in [1.82, 2.24) is 0 Å². The van der Waals surface area contributed by atoms with E-state index < -0.39 is 103 Å². The summed E-state index contributed by atoms with van der Waals surface area (Å²) in [5, 5.41) is 103. The average molecular weight is 787 g/mol. The van der Waals surface area contributed by atoms with Crippen LogP contribution < -0.4 is 14.9 Å². The van der Waals surface area contributed by atoms with Crippen molar-refractivity contribution in [3.63, 3.8) is 0 Å². The molecule has 0 aliphatic carbocycles. The summed E-state index contributed by atoms with van der Waals surface area (Å²) in [6.45, 7) is -1.69. The molecule has 2 fully saturated rings. The van der Waals surface area contributed by atoms with Gasteiger partial charge in [-0.3, -0.25) is 4.79 Å². The molecular formula is C37H38O19. The van der Waals surface area contributed by atoms with Crippen molar-refractivity contribution in [1.29, 1.82) is 0 Å². The van der Waals surface area contributed by atoms with Crippen molar-refractivity contribution in [2.24, 2.45) is 0 Å². The zero-order chi connectivity index (χ0) is 40.4. The first-order chi connectivity index (χ1) is 26.7. The van der Waals surface area contributed by atoms with Gasteiger partial charge in [-0.1, -0.05) is 6.07 Å². The Morgan fingerprint density at radius 1 is 0.750 bits per heavy atom. The Bertz CT molecular complexity index is 2130. The molecule has 19 nitrogen and oxygen atoms in total. The Kier molecular flexibility index (Phi) is 12.0. The third kappa shape index (κ3) is 8.21. The number of carbonyl (C=O) groups is 1. The largest absolute Gasteiger partial charge is 0.507 e. The summed E-state index contributed by atoms with van der Waals surface area (Å²) in [5.41, 5.74) is -0.265. The quantitative estimate of drug-likeness (QED) is 0.0523. The number of aromatic hydroxyl groups is 4. The first-order valence-electron chi connectivity index (χ1n) is 16.9. The maximum absolute atomic E-state index is 13.1. The first kappa shape index (κ1) is 40.2. The van der Waals surface area contributed by atoms with E-state index in [0.717, 1.165) is 24.3 Å². The Labute approximate surface area is 315 Å². The fraction of sp³-hybridized carbons (Fsp3) is 0.351. The Balaban J connectivity index is 1.30. The lowest BCUT2D eigenvalue weighted by Crippen LogP contribution is -2.65. The lowest BCUT2D eigenvalue weighted by atomic mass is 9.97. The fourth-order valence-electron chi connectivity index (χ4n) is 6.14. The Morgan fingerprint density at radius 3 is 2.07 bits per heavy atom. The monoisotopic (exact) mass is 786 g/mol. The number of aliphatic hydroxyl groups is 6. The number of hydrogen-bond donors (Lipinski definition) is 10. The first-order valence-corrected chi connectivity index (χ1v) is 16.9. The molecule has 0 saturated carbocycles. The van der Waals surface area contributed by atoms with Crippen LogP contribution in [-0.2, 0) is 23.7 Å². The molecule has 4 aromatic rings. The van der Waals surface area contributed by atoms with Crippen LogP contribution in [0.1, 0.15) is 5.56 Å². The van der Waals surface area contributed by atoms with E-state index in [-0.39, 0.29) is 39.5 Å². The number of ether oxygens (including phenoxy) is 6. The molecule has 1 aromatic heterocycles. The molecule has 10 N–H and O–H groups in total.